The Labute approximate surface area is 840 Å². The predicted molar refractivity (Wildman–Crippen MR) is 488 cm³/mol. The number of carboxylic acids is 1. The molecule has 24 N–H and O–H groups in total. The van der Waals surface area contributed by atoms with E-state index in [1.54, 1.807) is 57.8 Å². The predicted octanol–water partition coefficient (Wildman–Crippen LogP) is -15.2. The first-order valence-electron chi connectivity index (χ1n) is 34.1. The fraction of sp³-hybridized carbons (Fsp3) is 0.353. The summed E-state index contributed by atoms with van der Waals surface area (Å²) >= 11 is 16.8. The number of primary amides is 1. The third-order valence-electron chi connectivity index (χ3n) is 16.0. The van der Waals surface area contributed by atoms with Gasteiger partial charge in [-0.3, -0.25) is 66.8 Å². The maximum atomic E-state index is 12.8. The summed E-state index contributed by atoms with van der Waals surface area (Å²) in [6.07, 6.45) is -0.541. The molecule has 0 fully saturated rings. The van der Waals surface area contributed by atoms with Gasteiger partial charge in [0, 0.05) is 48.7 Å². The summed E-state index contributed by atoms with van der Waals surface area (Å²) in [6.45, 7) is 39.2. The number of nitrogens with zero attached hydrogens (tertiary/aromatic N) is 19. The number of aliphatic hydroxyl groups excluding tert-OH is 6. The fourth-order valence-electron chi connectivity index (χ4n) is 9.80. The van der Waals surface area contributed by atoms with Gasteiger partial charge in [0.25, 0.3) is 29.8 Å². The van der Waals surface area contributed by atoms with Gasteiger partial charge in [-0.05, 0) is 55.9 Å². The van der Waals surface area contributed by atoms with Crippen molar-refractivity contribution >= 4 is 228 Å². The topological polar surface area (TPSA) is 688 Å². The Hall–Kier alpha value is -12.1. The van der Waals surface area contributed by atoms with Crippen LogP contribution in [0.4, 0.5) is 5.69 Å². The second-order valence-corrected chi connectivity index (χ2v) is 26.9. The number of para-hydroxylation sites is 1. The number of fused-ring (bicyclic) bond motifs is 1. The van der Waals surface area contributed by atoms with Crippen LogP contribution in [0, 0.1) is 82.1 Å². The van der Waals surface area contributed by atoms with E-state index in [2.05, 4.69) is 70.6 Å². The van der Waals surface area contributed by atoms with Crippen molar-refractivity contribution in [1.82, 2.24) is 53.2 Å². The summed E-state index contributed by atoms with van der Waals surface area (Å²) in [5.74, 6) is -5.40. The van der Waals surface area contributed by atoms with Gasteiger partial charge >= 0.3 is 69.3 Å². The van der Waals surface area contributed by atoms with Crippen LogP contribution in [0.25, 0.3) is 24.2 Å². The van der Waals surface area contributed by atoms with E-state index in [0.29, 0.717) is 17.8 Å². The number of nitrogens with one attached hydrogen (secondary N) is 7. The van der Waals surface area contributed by atoms with Gasteiger partial charge in [0.05, 0.1) is 104 Å². The number of amides is 2. The average molecular weight is 2020 g/mol. The molecule has 9 aliphatic heterocycles. The number of ketones is 3. The van der Waals surface area contributed by atoms with Crippen LogP contribution in [0.3, 0.4) is 0 Å². The normalized spacial score (nSPS) is 15.6. The van der Waals surface area contributed by atoms with Crippen LogP contribution in [0.2, 0.25) is 0 Å². The SMILES string of the molecule is CI.O=C(Cl)CCl.[B]N.[B]N1C(N(C)C)=C(C2=Nc3ccccc3C2)C(=O)C1(C)C.[B]N1C(N(C)C)=C([N+]#[C-])C(=O)C1(C)C.[B]N1CC(O)=C(C(=N)N)C1=N.[B]N1CC(O)=C(C(=O)N(C)C)C1=N.[B]N1CC(O)=C(C(=O)O)C1=N.[B]N1CC(O)=C(C(N)=NO)C1=N.[B]N1CC(O)=C(C(N)=O)C1=N.[B]N1CC(O)=C([N+]#[C-])C1=N.[C-]#[N+]C([N+]#[C-])C(=O)CCl.[C-]#[N+]CC#N.[F-].[F-].[F-].[F-].[K+].[OH-]. The number of aliphatic carboxylic acids is 1. The molecule has 1 aromatic rings. The Morgan fingerprint density at radius 3 is 1.16 bits per heavy atom. The molecule has 0 bridgehead atoms. The van der Waals surface area contributed by atoms with Gasteiger partial charge in [0.15, 0.2) is 25.4 Å². The van der Waals surface area contributed by atoms with E-state index >= 15 is 0 Å². The Balaban J connectivity index is -0.000000182. The molecule has 1 aromatic carbocycles. The zero-order valence-electron chi connectivity index (χ0n) is 72.4. The van der Waals surface area contributed by atoms with E-state index in [9.17, 15) is 43.8 Å². The summed E-state index contributed by atoms with van der Waals surface area (Å²) in [7, 11) is 57.7. The van der Waals surface area contributed by atoms with Crippen molar-refractivity contribution in [3.63, 3.8) is 0 Å². The first-order chi connectivity index (χ1) is 58.4. The minimum absolute atomic E-state index is 0. The molecule has 46 nitrogen and oxygen atoms in total. The molecular weight excluding hydrogens is 1940 g/mol. The molecule has 0 saturated heterocycles. The maximum Gasteiger partial charge on any atom is 1.00 e. The molecule has 688 valence electrons. The van der Waals surface area contributed by atoms with Crippen molar-refractivity contribution in [2.24, 2.45) is 33.0 Å². The number of carbonyl (C=O) groups excluding carboxylic acids is 6. The molecule has 0 aromatic heterocycles. The van der Waals surface area contributed by atoms with Gasteiger partial charge < -0.3 is 151 Å². The first-order valence-corrected chi connectivity index (χ1v) is 37.7. The number of amidine groups is 8. The Bertz CT molecular complexity index is 4900. The summed E-state index contributed by atoms with van der Waals surface area (Å²) in [5.41, 5.74) is 20.5. The minimum atomic E-state index is -1.33. The average Bonchev–Trinajstić information content (AvgIpc) is 1.58. The van der Waals surface area contributed by atoms with Crippen LogP contribution in [-0.4, -0.2) is 386 Å². The van der Waals surface area contributed by atoms with Gasteiger partial charge in [0.1, 0.15) is 110 Å². The number of benzene rings is 1. The summed E-state index contributed by atoms with van der Waals surface area (Å²) in [5, 5.41) is 131. The van der Waals surface area contributed by atoms with Crippen molar-refractivity contribution in [2.75, 3.05) is 105 Å². The number of Topliss-reactive ketones (excluding diaryl/α,β-unsaturated/α-hetero) is 3. The molecule has 0 unspecified atom stereocenters. The number of hydrogen-bond donors (Lipinski definition) is 19. The number of nitriles is 1. The van der Waals surface area contributed by atoms with Crippen LogP contribution in [0.1, 0.15) is 33.3 Å². The van der Waals surface area contributed by atoms with Gasteiger partial charge in [0.2, 0.25) is 69.1 Å². The number of alkyl halides is 3. The summed E-state index contributed by atoms with van der Waals surface area (Å²) < 4.78 is 0. The van der Waals surface area contributed by atoms with E-state index in [-0.39, 0.29) is 260 Å². The third-order valence-corrected chi connectivity index (χ3v) is 16.8. The van der Waals surface area contributed by atoms with Gasteiger partial charge in [-0.25, -0.2) is 43.9 Å². The maximum absolute atomic E-state index is 12.8. The van der Waals surface area contributed by atoms with Crippen molar-refractivity contribution < 1.29 is 150 Å². The number of likely N-dealkylation sites (N-methyl/N-ethyl adjacent to an activating group) is 1. The molecule has 9 heterocycles. The van der Waals surface area contributed by atoms with Crippen molar-refractivity contribution in [1.29, 1.82) is 43.1 Å². The molecule has 0 spiro atoms. The monoisotopic (exact) mass is 2020 g/mol. The summed E-state index contributed by atoms with van der Waals surface area (Å²) in [6, 6.07) is 9.64. The number of carbonyl (C=O) groups is 7. The molecule has 132 heavy (non-hydrogen) atoms. The van der Waals surface area contributed by atoms with Crippen molar-refractivity contribution in [3.05, 3.63) is 178 Å². The number of oxime groups is 1. The van der Waals surface area contributed by atoms with E-state index in [1.807, 2.05) is 62.0 Å². The van der Waals surface area contributed by atoms with E-state index in [0.717, 1.165) is 51.6 Å². The van der Waals surface area contributed by atoms with E-state index in [1.165, 1.54) is 9.71 Å². The molecule has 18 radical (unpaired) electrons. The number of nitrogens with two attached hydrogens (primary N) is 4. The Morgan fingerprint density at radius 1 is 0.591 bits per heavy atom. The van der Waals surface area contributed by atoms with E-state index in [4.69, 9.17) is 223 Å². The Kier molecular flexibility index (Phi) is 67.4. The van der Waals surface area contributed by atoms with Crippen LogP contribution >= 0.6 is 57.4 Å². The largest absolute Gasteiger partial charge is 1.00 e. The molecule has 2 amide bonds. The first kappa shape index (κ1) is 138. The molecule has 0 aliphatic carbocycles. The third kappa shape index (κ3) is 37.6. The molecule has 0 atom stereocenters. The molecule has 9 aliphatic rings. The molecule has 64 heteroatoms. The van der Waals surface area contributed by atoms with Gasteiger partial charge in [-0.1, -0.05) is 45.9 Å². The van der Waals surface area contributed by atoms with Crippen molar-refractivity contribution in [3.8, 4) is 6.07 Å². The number of hydrogen-bond acceptors (Lipinski definition) is 30. The molecule has 0 saturated carbocycles. The number of halogens is 8. The fourth-order valence-corrected chi connectivity index (χ4v) is 9.94. The molecule has 10 rings (SSSR count). The quantitative estimate of drug-likeness (QED) is 0.00836. The smallest absolute Gasteiger partial charge is 1.00 e. The van der Waals surface area contributed by atoms with Crippen molar-refractivity contribution in [2.45, 2.75) is 51.4 Å². The van der Waals surface area contributed by atoms with Crippen LogP contribution in [-0.2, 0) is 40.0 Å². The zero-order valence-corrected chi connectivity index (χ0v) is 79.9. The Morgan fingerprint density at radius 2 is 0.932 bits per heavy atom. The number of carboxylic acid groups (broad SMARTS) is 1. The number of aliphatic hydroxyl groups is 6. The standard InChI is InChI=1S/C16H18BN3O.C9H12BN3O.C7H10BN3O2.C5H7BN4O2.C5H7BN4O.C5H6BN3O2.C5H4BN3O.C5H5BN2O3.C5H3ClN2O.C3H2N2.C2H2Cl2O.CH3I.BH2N.4FH.K.H2O/c1-16(2)14(21)13(15(19(3)4)20(16)17)12-9-10-7-5-6-8-11(10)18-12;1-9(2)7(14)6(11-3)8(12(4)5)13(9)10;1-10(2)7(13)5-4(12)3-11(8)6(5)9;6-10-1-2(11)3(5(10)8)4(7)9-12;6-10-1-2(11)3(4(7)8)5(10)9;6-9-1-2(10)3(4(9)7)5(8)11;1-8-4-3(10)2-9(6)5(4)7;6-8-1-2(9)3(4(8)7)5(10)11;1-7-5(8-2)4(9)3-6;1-5-3-2-4;3-1-2(4)5;2*1-2;;;;;;/h5-8H,9H2,1-4H3;1-2,4-5H3;9,12H,3H2,1-2H3;8,11-12H,1H2,(H2,7,9);9,11H,1H2,(H3,7,8);7,10H,1H2,(H2,8,11);7,10H,2H2;7,9H,1H2,(H,10,11);5H,3H2;3H2;1H2;1H3;2H2;4*1H;;1H2/q;;;;;;;;;;;;;;;;;+1;/p-5. The van der Waals surface area contributed by atoms with Crippen LogP contribution in [0.5, 0.6) is 0 Å². The van der Waals surface area contributed by atoms with E-state index < -0.39 is 51.6 Å². The van der Waals surface area contributed by atoms with Gasteiger partial charge in [-0.15, -0.1) is 23.2 Å². The molecular formula is C68H82B9Cl3F4IKN30O16-4. The number of aliphatic imine (C=N–C) groups is 1. The minimum Gasteiger partial charge on any atom is -1.00 e. The number of rotatable bonds is 11. The van der Waals surface area contributed by atoms with Crippen LogP contribution in [0.15, 0.2) is 125 Å². The second kappa shape index (κ2) is 64.6. The second-order valence-electron chi connectivity index (χ2n) is 26.0. The summed E-state index contributed by atoms with van der Waals surface area (Å²) in [4.78, 5) is 111. The van der Waals surface area contributed by atoms with Gasteiger partial charge in [-0.2, -0.15) is 5.26 Å². The van der Waals surface area contributed by atoms with Crippen LogP contribution < -0.4 is 93.0 Å². The zero-order chi connectivity index (χ0) is 99.1.